The zero-order valence-corrected chi connectivity index (χ0v) is 17.3. The van der Waals surface area contributed by atoms with Crippen LogP contribution < -0.4 is 13.8 Å². The van der Waals surface area contributed by atoms with Crippen molar-refractivity contribution < 1.29 is 30.4 Å². The van der Waals surface area contributed by atoms with Crippen LogP contribution >= 0.6 is 0 Å². The Morgan fingerprint density at radius 3 is 2.48 bits per heavy atom. The highest BCUT2D eigenvalue weighted by Gasteiger charge is 2.34. The van der Waals surface area contributed by atoms with E-state index in [4.69, 9.17) is 4.74 Å². The molecule has 0 saturated heterocycles. The van der Waals surface area contributed by atoms with Gasteiger partial charge in [0.25, 0.3) is 20.0 Å². The zero-order chi connectivity index (χ0) is 21.4. The molecule has 7 nitrogen and oxygen atoms in total. The monoisotopic (exact) mass is 446 g/mol. The van der Waals surface area contributed by atoms with E-state index in [1.54, 1.807) is 22.9 Å². The quantitative estimate of drug-likeness (QED) is 0.735. The molecule has 0 amide bonds. The highest BCUT2D eigenvalue weighted by molar-refractivity contribution is 7.94. The molecule has 3 rings (SSSR count). The Bertz CT molecular complexity index is 1120. The Kier molecular flexibility index (Phi) is 5.72. The van der Waals surface area contributed by atoms with Crippen LogP contribution in [0.2, 0.25) is 0 Å². The van der Waals surface area contributed by atoms with Crippen LogP contribution in [0.3, 0.4) is 0 Å². The number of anilines is 2. The van der Waals surface area contributed by atoms with Crippen LogP contribution in [0.1, 0.15) is 24.8 Å². The first-order valence-corrected chi connectivity index (χ1v) is 11.7. The second-order valence-electron chi connectivity index (χ2n) is 6.60. The van der Waals surface area contributed by atoms with E-state index in [1.165, 1.54) is 17.5 Å². The van der Waals surface area contributed by atoms with Crippen molar-refractivity contribution in [1.82, 2.24) is 0 Å². The first-order valence-electron chi connectivity index (χ1n) is 8.67. The highest BCUT2D eigenvalue weighted by Crippen LogP contribution is 2.39. The number of methoxy groups -OCH3 is 1. The van der Waals surface area contributed by atoms with Crippen molar-refractivity contribution >= 4 is 31.4 Å². The summed E-state index contributed by atoms with van der Waals surface area (Å²) < 4.78 is 83.7. The maximum absolute atomic E-state index is 13.4. The second kappa shape index (κ2) is 7.79. The Hall–Kier alpha value is -2.40. The maximum atomic E-state index is 13.4. The number of benzene rings is 2. The second-order valence-corrected chi connectivity index (χ2v) is 10.1. The molecule has 11 heteroatoms. The predicted octanol–water partition coefficient (Wildman–Crippen LogP) is 3.36. The lowest BCUT2D eigenvalue weighted by atomic mass is 9.93. The molecule has 0 aliphatic carbocycles. The minimum Gasteiger partial charge on any atom is -0.497 e. The lowest BCUT2D eigenvalue weighted by molar-refractivity contribution is 0.236. The van der Waals surface area contributed by atoms with E-state index < -0.39 is 36.4 Å². The fraction of sp³-hybridized carbons (Fsp3) is 0.333. The molecule has 0 fully saturated rings. The summed E-state index contributed by atoms with van der Waals surface area (Å²) in [7, 11) is -8.04. The van der Waals surface area contributed by atoms with Crippen LogP contribution in [-0.4, -0.2) is 36.2 Å². The van der Waals surface area contributed by atoms with Gasteiger partial charge in [0, 0.05) is 12.6 Å². The van der Waals surface area contributed by atoms with Crippen LogP contribution in [0.25, 0.3) is 0 Å². The molecule has 1 atom stereocenters. The lowest BCUT2D eigenvalue weighted by Gasteiger charge is -2.34. The third-order valence-electron chi connectivity index (χ3n) is 4.74. The van der Waals surface area contributed by atoms with Crippen LogP contribution in [0, 0.1) is 0 Å². The van der Waals surface area contributed by atoms with E-state index in [2.05, 4.69) is 0 Å². The van der Waals surface area contributed by atoms with Crippen molar-refractivity contribution in [3.8, 4) is 5.75 Å². The highest BCUT2D eigenvalue weighted by atomic mass is 32.2. The summed E-state index contributed by atoms with van der Waals surface area (Å²) in [6.45, 7) is 2.16. The normalized spacial score (nSPS) is 17.1. The Balaban J connectivity index is 2.14. The number of nitrogens with zero attached hydrogens (tertiary/aromatic N) is 1. The maximum Gasteiger partial charge on any atom is 0.355 e. The average molecular weight is 446 g/mol. The number of rotatable bonds is 6. The molecule has 0 spiro atoms. The molecule has 1 aliphatic heterocycles. The van der Waals surface area contributed by atoms with Gasteiger partial charge in [0.05, 0.1) is 18.5 Å². The molecule has 0 aromatic heterocycles. The van der Waals surface area contributed by atoms with Gasteiger partial charge in [-0.3, -0.25) is 9.03 Å². The number of hydrogen-bond acceptors (Lipinski definition) is 5. The Labute approximate surface area is 168 Å². The van der Waals surface area contributed by atoms with Crippen LogP contribution in [0.15, 0.2) is 47.4 Å². The molecule has 0 bridgehead atoms. The zero-order valence-electron chi connectivity index (χ0n) is 15.7. The van der Waals surface area contributed by atoms with E-state index >= 15 is 0 Å². The van der Waals surface area contributed by atoms with Crippen molar-refractivity contribution in [3.63, 3.8) is 0 Å². The van der Waals surface area contributed by atoms with Gasteiger partial charge >= 0.3 is 5.76 Å². The number of para-hydroxylation sites is 1. The lowest BCUT2D eigenvalue weighted by Crippen LogP contribution is -2.37. The van der Waals surface area contributed by atoms with E-state index in [9.17, 15) is 25.6 Å². The topological polar surface area (TPSA) is 92.8 Å². The van der Waals surface area contributed by atoms with Gasteiger partial charge in [0.2, 0.25) is 0 Å². The van der Waals surface area contributed by atoms with Crippen LogP contribution in [0.4, 0.5) is 20.2 Å². The minimum absolute atomic E-state index is 0.114. The summed E-state index contributed by atoms with van der Waals surface area (Å²) in [6, 6.07) is 10.5. The standard InChI is InChI=1S/C18H20F2N2O5S2/c1-12-9-10-22(16-6-4-3-5-14(12)16)29(25,26)17-8-7-13(27-2)11-15(17)21-28(23,24)18(19)20/h3-8,11-12,18,21H,9-10H2,1-2H3. The average Bonchev–Trinajstić information content (AvgIpc) is 2.67. The fourth-order valence-corrected chi connectivity index (χ4v) is 5.49. The van der Waals surface area contributed by atoms with Crippen molar-refractivity contribution in [2.24, 2.45) is 0 Å². The van der Waals surface area contributed by atoms with Crippen molar-refractivity contribution in [2.45, 2.75) is 29.9 Å². The number of sulfonamides is 2. The molecule has 1 aliphatic rings. The molecule has 1 unspecified atom stereocenters. The van der Waals surface area contributed by atoms with Crippen molar-refractivity contribution in [2.75, 3.05) is 22.7 Å². The third kappa shape index (κ3) is 4.01. The van der Waals surface area contributed by atoms with Gasteiger partial charge in [0.15, 0.2) is 0 Å². The molecular formula is C18H20F2N2O5S2. The van der Waals surface area contributed by atoms with E-state index in [0.717, 1.165) is 17.7 Å². The van der Waals surface area contributed by atoms with Gasteiger partial charge in [0.1, 0.15) is 10.6 Å². The summed E-state index contributed by atoms with van der Waals surface area (Å²) in [5.41, 5.74) is 0.816. The van der Waals surface area contributed by atoms with Gasteiger partial charge in [-0.15, -0.1) is 0 Å². The molecular weight excluding hydrogens is 426 g/mol. The van der Waals surface area contributed by atoms with Crippen LogP contribution in [0.5, 0.6) is 5.75 Å². The van der Waals surface area contributed by atoms with E-state index in [1.807, 2.05) is 13.0 Å². The van der Waals surface area contributed by atoms with Crippen molar-refractivity contribution in [3.05, 3.63) is 48.0 Å². The Morgan fingerprint density at radius 2 is 1.83 bits per heavy atom. The molecule has 1 heterocycles. The molecule has 0 radical (unpaired) electrons. The number of fused-ring (bicyclic) bond motifs is 1. The number of nitrogens with one attached hydrogen (secondary N) is 1. The van der Waals surface area contributed by atoms with Crippen molar-refractivity contribution in [1.29, 1.82) is 0 Å². The summed E-state index contributed by atoms with van der Waals surface area (Å²) in [5, 5.41) is 0. The predicted molar refractivity (Wildman–Crippen MR) is 106 cm³/mol. The largest absolute Gasteiger partial charge is 0.497 e. The Morgan fingerprint density at radius 1 is 1.14 bits per heavy atom. The molecule has 158 valence electrons. The molecule has 2 aromatic carbocycles. The molecule has 29 heavy (non-hydrogen) atoms. The summed E-state index contributed by atoms with van der Waals surface area (Å²) in [4.78, 5) is -0.438. The minimum atomic E-state index is -5.08. The smallest absolute Gasteiger partial charge is 0.355 e. The van der Waals surface area contributed by atoms with Gasteiger partial charge in [-0.25, -0.2) is 16.8 Å². The first kappa shape index (κ1) is 21.3. The summed E-state index contributed by atoms with van der Waals surface area (Å²) >= 11 is 0. The van der Waals surface area contributed by atoms with Crippen LogP contribution in [-0.2, 0) is 20.0 Å². The van der Waals surface area contributed by atoms with Gasteiger partial charge in [-0.2, -0.15) is 8.78 Å². The number of halogens is 2. The van der Waals surface area contributed by atoms with E-state index in [0.29, 0.717) is 12.1 Å². The van der Waals surface area contributed by atoms with Gasteiger partial charge in [-0.05, 0) is 36.1 Å². The third-order valence-corrected chi connectivity index (χ3v) is 7.59. The molecule has 2 aromatic rings. The number of hydrogen-bond donors (Lipinski definition) is 1. The van der Waals surface area contributed by atoms with E-state index in [-0.39, 0.29) is 18.2 Å². The van der Waals surface area contributed by atoms with Gasteiger partial charge < -0.3 is 4.74 Å². The SMILES string of the molecule is COc1ccc(S(=O)(=O)N2CCC(C)c3ccccc32)c(NS(=O)(=O)C(F)F)c1. The first-order chi connectivity index (χ1) is 13.6. The number of alkyl halides is 2. The van der Waals surface area contributed by atoms with Gasteiger partial charge in [-0.1, -0.05) is 25.1 Å². The molecule has 0 saturated carbocycles. The summed E-state index contributed by atoms with van der Waals surface area (Å²) in [5.74, 6) is -3.46. The molecule has 1 N–H and O–H groups in total. The number of ether oxygens (including phenoxy) is 1. The summed E-state index contributed by atoms with van der Waals surface area (Å²) in [6.07, 6.45) is 0.560. The fourth-order valence-electron chi connectivity index (χ4n) is 3.23.